The highest BCUT2D eigenvalue weighted by Gasteiger charge is 2.30. The molecule has 5 nitrogen and oxygen atoms in total. The Hall–Kier alpha value is -3.13. The maximum absolute atomic E-state index is 12.6. The summed E-state index contributed by atoms with van der Waals surface area (Å²) >= 11 is 0. The summed E-state index contributed by atoms with van der Waals surface area (Å²) in [6, 6.07) is 12.0. The number of carbonyl (C=O) groups is 1. The SMILES string of the molecule is O=C(NCC(O)c1ccc(C(F)(F)F)cc1)c1cc2ccccc2oc1=O. The number of amides is 1. The Morgan fingerprint density at radius 2 is 1.78 bits per heavy atom. The minimum absolute atomic E-state index is 0.203. The normalized spacial score (nSPS) is 12.7. The zero-order valence-electron chi connectivity index (χ0n) is 13.8. The summed E-state index contributed by atoms with van der Waals surface area (Å²) < 4.78 is 42.7. The van der Waals surface area contributed by atoms with E-state index in [1.165, 1.54) is 6.07 Å². The first-order valence-electron chi connectivity index (χ1n) is 7.92. The summed E-state index contributed by atoms with van der Waals surface area (Å²) in [6.45, 7) is -0.281. The molecular weight excluding hydrogens is 363 g/mol. The first-order chi connectivity index (χ1) is 12.8. The van der Waals surface area contributed by atoms with E-state index in [2.05, 4.69) is 5.32 Å². The molecule has 1 heterocycles. The van der Waals surface area contributed by atoms with Crippen molar-refractivity contribution in [2.75, 3.05) is 6.54 Å². The van der Waals surface area contributed by atoms with Crippen LogP contribution >= 0.6 is 0 Å². The van der Waals surface area contributed by atoms with Crippen LogP contribution in [0.4, 0.5) is 13.2 Å². The minimum atomic E-state index is -4.47. The van der Waals surface area contributed by atoms with Crippen molar-refractivity contribution in [1.82, 2.24) is 5.32 Å². The lowest BCUT2D eigenvalue weighted by Crippen LogP contribution is -2.31. The van der Waals surface area contributed by atoms with Crippen LogP contribution < -0.4 is 10.9 Å². The van der Waals surface area contributed by atoms with Gasteiger partial charge in [-0.2, -0.15) is 13.2 Å². The number of alkyl halides is 3. The van der Waals surface area contributed by atoms with Gasteiger partial charge < -0.3 is 14.8 Å². The minimum Gasteiger partial charge on any atom is -0.422 e. The molecule has 1 unspecified atom stereocenters. The van der Waals surface area contributed by atoms with Gasteiger partial charge in [-0.3, -0.25) is 4.79 Å². The lowest BCUT2D eigenvalue weighted by molar-refractivity contribution is -0.137. The Bertz CT molecular complexity index is 1030. The number of para-hydroxylation sites is 1. The second kappa shape index (κ2) is 7.24. The third-order valence-electron chi connectivity index (χ3n) is 3.96. The molecule has 8 heteroatoms. The van der Waals surface area contributed by atoms with Gasteiger partial charge in [0.25, 0.3) is 5.91 Å². The fraction of sp³-hybridized carbons (Fsp3) is 0.158. The molecule has 1 atom stereocenters. The number of carbonyl (C=O) groups excluding carboxylic acids is 1. The van der Waals surface area contributed by atoms with Gasteiger partial charge in [0.1, 0.15) is 11.1 Å². The number of hydrogen-bond acceptors (Lipinski definition) is 4. The molecule has 3 aromatic rings. The van der Waals surface area contributed by atoms with Crippen LogP contribution in [0.3, 0.4) is 0 Å². The number of hydrogen-bond donors (Lipinski definition) is 2. The third kappa shape index (κ3) is 4.17. The molecular formula is C19H14F3NO4. The van der Waals surface area contributed by atoms with Gasteiger partial charge >= 0.3 is 11.8 Å². The number of rotatable bonds is 4. The van der Waals surface area contributed by atoms with Gasteiger partial charge in [0, 0.05) is 11.9 Å². The summed E-state index contributed by atoms with van der Waals surface area (Å²) in [5, 5.41) is 13.0. The van der Waals surface area contributed by atoms with E-state index >= 15 is 0 Å². The lowest BCUT2D eigenvalue weighted by atomic mass is 10.1. The van der Waals surface area contributed by atoms with Crippen molar-refractivity contribution in [3.8, 4) is 0 Å². The van der Waals surface area contributed by atoms with E-state index in [0.29, 0.717) is 11.0 Å². The highest BCUT2D eigenvalue weighted by atomic mass is 19.4. The molecule has 2 N–H and O–H groups in total. The predicted molar refractivity (Wildman–Crippen MR) is 91.2 cm³/mol. The van der Waals surface area contributed by atoms with Crippen LogP contribution in [-0.2, 0) is 6.18 Å². The van der Waals surface area contributed by atoms with Crippen LogP contribution in [0.25, 0.3) is 11.0 Å². The van der Waals surface area contributed by atoms with Crippen LogP contribution in [-0.4, -0.2) is 17.6 Å². The molecule has 0 aliphatic rings. The lowest BCUT2D eigenvalue weighted by Gasteiger charge is -2.13. The first-order valence-corrected chi connectivity index (χ1v) is 7.92. The molecule has 27 heavy (non-hydrogen) atoms. The summed E-state index contributed by atoms with van der Waals surface area (Å²) in [5.41, 5.74) is -1.35. The van der Waals surface area contributed by atoms with Crippen molar-refractivity contribution in [3.05, 3.63) is 81.7 Å². The molecule has 1 amide bonds. The molecule has 0 aliphatic carbocycles. The Morgan fingerprint density at radius 1 is 1.11 bits per heavy atom. The molecule has 0 aliphatic heterocycles. The summed E-state index contributed by atoms with van der Waals surface area (Å²) in [4.78, 5) is 24.1. The van der Waals surface area contributed by atoms with E-state index in [-0.39, 0.29) is 17.7 Å². The number of benzene rings is 2. The topological polar surface area (TPSA) is 79.5 Å². The second-order valence-corrected chi connectivity index (χ2v) is 5.83. The zero-order chi connectivity index (χ0) is 19.6. The number of nitrogens with one attached hydrogen (secondary N) is 1. The second-order valence-electron chi connectivity index (χ2n) is 5.83. The van der Waals surface area contributed by atoms with E-state index < -0.39 is 29.4 Å². The largest absolute Gasteiger partial charge is 0.422 e. The van der Waals surface area contributed by atoms with Gasteiger partial charge in [0.15, 0.2) is 0 Å². The highest BCUT2D eigenvalue weighted by Crippen LogP contribution is 2.29. The molecule has 3 rings (SSSR count). The van der Waals surface area contributed by atoms with Gasteiger partial charge in [-0.25, -0.2) is 4.79 Å². The molecule has 0 saturated heterocycles. The Balaban J connectivity index is 1.70. The van der Waals surface area contributed by atoms with E-state index in [1.807, 2.05) is 0 Å². The van der Waals surface area contributed by atoms with E-state index in [0.717, 1.165) is 24.3 Å². The van der Waals surface area contributed by atoms with Crippen LogP contribution in [0, 0.1) is 0 Å². The van der Waals surface area contributed by atoms with Crippen molar-refractivity contribution >= 4 is 16.9 Å². The first kappa shape index (κ1) is 18.7. The highest BCUT2D eigenvalue weighted by molar-refractivity contribution is 5.96. The molecule has 0 fully saturated rings. The number of aliphatic hydroxyl groups excluding tert-OH is 1. The van der Waals surface area contributed by atoms with E-state index in [4.69, 9.17) is 4.42 Å². The zero-order valence-corrected chi connectivity index (χ0v) is 13.8. The van der Waals surface area contributed by atoms with Crippen LogP contribution in [0.2, 0.25) is 0 Å². The molecule has 0 saturated carbocycles. The third-order valence-corrected chi connectivity index (χ3v) is 3.96. The Morgan fingerprint density at radius 3 is 2.44 bits per heavy atom. The summed E-state index contributed by atoms with van der Waals surface area (Å²) in [7, 11) is 0. The monoisotopic (exact) mass is 377 g/mol. The van der Waals surface area contributed by atoms with Crippen molar-refractivity contribution in [1.29, 1.82) is 0 Å². The predicted octanol–water partition coefficient (Wildman–Crippen LogP) is 3.28. The van der Waals surface area contributed by atoms with Gasteiger partial charge in [-0.05, 0) is 29.8 Å². The van der Waals surface area contributed by atoms with Gasteiger partial charge in [-0.15, -0.1) is 0 Å². The fourth-order valence-corrected chi connectivity index (χ4v) is 2.52. The van der Waals surface area contributed by atoms with Crippen molar-refractivity contribution in [3.63, 3.8) is 0 Å². The van der Waals surface area contributed by atoms with E-state index in [9.17, 15) is 27.9 Å². The van der Waals surface area contributed by atoms with Crippen LogP contribution in [0.15, 0.2) is 63.8 Å². The maximum Gasteiger partial charge on any atom is 0.416 e. The number of halogens is 3. The van der Waals surface area contributed by atoms with Gasteiger partial charge in [0.2, 0.25) is 0 Å². The fourth-order valence-electron chi connectivity index (χ4n) is 2.52. The average molecular weight is 377 g/mol. The Kier molecular flexibility index (Phi) is 5.00. The molecule has 0 radical (unpaired) electrons. The standard InChI is InChI=1S/C19H14F3NO4/c20-19(21,22)13-7-5-11(6-8-13)15(24)10-23-17(25)14-9-12-3-1-2-4-16(12)27-18(14)26/h1-9,15,24H,10H2,(H,23,25). The van der Waals surface area contributed by atoms with Crippen LogP contribution in [0.1, 0.15) is 27.6 Å². The Labute approximate surface area is 151 Å². The smallest absolute Gasteiger partial charge is 0.416 e. The van der Waals surface area contributed by atoms with Crippen LogP contribution in [0.5, 0.6) is 0 Å². The van der Waals surface area contributed by atoms with Gasteiger partial charge in [-0.1, -0.05) is 30.3 Å². The molecule has 0 bridgehead atoms. The van der Waals surface area contributed by atoms with Crippen molar-refractivity contribution in [2.45, 2.75) is 12.3 Å². The summed E-state index contributed by atoms with van der Waals surface area (Å²) in [6.07, 6.45) is -5.70. The van der Waals surface area contributed by atoms with Crippen molar-refractivity contribution in [2.24, 2.45) is 0 Å². The quantitative estimate of drug-likeness (QED) is 0.684. The molecule has 140 valence electrons. The van der Waals surface area contributed by atoms with Gasteiger partial charge in [0.05, 0.1) is 11.7 Å². The number of fused-ring (bicyclic) bond motifs is 1. The van der Waals surface area contributed by atoms with Crippen molar-refractivity contribution < 1.29 is 27.5 Å². The molecule has 1 aromatic heterocycles. The molecule has 0 spiro atoms. The summed E-state index contributed by atoms with van der Waals surface area (Å²) in [5.74, 6) is -0.750. The molecule has 2 aromatic carbocycles. The number of aliphatic hydroxyl groups is 1. The van der Waals surface area contributed by atoms with E-state index in [1.54, 1.807) is 24.3 Å². The average Bonchev–Trinajstić information content (AvgIpc) is 2.64. The maximum atomic E-state index is 12.6.